The van der Waals surface area contributed by atoms with Crippen LogP contribution in [-0.4, -0.2) is 18.1 Å². The number of piperidine rings is 1. The van der Waals surface area contributed by atoms with Gasteiger partial charge < -0.3 is 10.2 Å². The molecule has 1 aromatic heterocycles. The summed E-state index contributed by atoms with van der Waals surface area (Å²) >= 11 is 0. The maximum absolute atomic E-state index is 13.6. The fourth-order valence-electron chi connectivity index (χ4n) is 2.93. The highest BCUT2D eigenvalue weighted by Crippen LogP contribution is 2.29. The predicted molar refractivity (Wildman–Crippen MR) is 88.8 cm³/mol. The van der Waals surface area contributed by atoms with Gasteiger partial charge >= 0.3 is 0 Å². The Bertz CT molecular complexity index is 636. The van der Waals surface area contributed by atoms with E-state index in [0.717, 1.165) is 30.0 Å². The van der Waals surface area contributed by atoms with E-state index in [4.69, 9.17) is 0 Å². The smallest absolute Gasteiger partial charge is 0.125 e. The van der Waals surface area contributed by atoms with E-state index in [1.54, 1.807) is 18.3 Å². The van der Waals surface area contributed by atoms with Crippen LogP contribution in [0.3, 0.4) is 0 Å². The molecular formula is C18H22FN3. The third kappa shape index (κ3) is 3.38. The molecule has 0 unspecified atom stereocenters. The van der Waals surface area contributed by atoms with Crippen molar-refractivity contribution in [2.45, 2.75) is 32.7 Å². The summed E-state index contributed by atoms with van der Waals surface area (Å²) in [5.41, 5.74) is 4.29. The molecular weight excluding hydrogens is 277 g/mol. The molecule has 0 spiro atoms. The van der Waals surface area contributed by atoms with Gasteiger partial charge in [0.2, 0.25) is 0 Å². The molecule has 1 saturated heterocycles. The molecule has 0 amide bonds. The SMILES string of the molecule is Cc1ccncc1CNc1cc(F)ccc1N1CCCCC1. The van der Waals surface area contributed by atoms with Crippen molar-refractivity contribution in [2.75, 3.05) is 23.3 Å². The van der Waals surface area contributed by atoms with E-state index in [0.29, 0.717) is 6.54 Å². The number of aryl methyl sites for hydroxylation is 1. The molecule has 4 heteroatoms. The monoisotopic (exact) mass is 299 g/mol. The number of nitrogens with one attached hydrogen (secondary N) is 1. The number of rotatable bonds is 4. The zero-order valence-electron chi connectivity index (χ0n) is 13.0. The van der Waals surface area contributed by atoms with Crippen molar-refractivity contribution in [3.8, 4) is 0 Å². The molecule has 116 valence electrons. The zero-order valence-corrected chi connectivity index (χ0v) is 13.0. The second-order valence-corrected chi connectivity index (χ2v) is 5.86. The number of nitrogens with zero attached hydrogens (tertiary/aromatic N) is 2. The Kier molecular flexibility index (Phi) is 4.56. The van der Waals surface area contributed by atoms with Crippen LogP contribution < -0.4 is 10.2 Å². The van der Waals surface area contributed by atoms with E-state index >= 15 is 0 Å². The van der Waals surface area contributed by atoms with Crippen LogP contribution in [0.5, 0.6) is 0 Å². The molecule has 2 aromatic rings. The van der Waals surface area contributed by atoms with Crippen LogP contribution in [-0.2, 0) is 6.54 Å². The van der Waals surface area contributed by atoms with E-state index in [9.17, 15) is 4.39 Å². The number of benzene rings is 1. The zero-order chi connectivity index (χ0) is 15.4. The van der Waals surface area contributed by atoms with Crippen molar-refractivity contribution < 1.29 is 4.39 Å². The standard InChI is InChI=1S/C18H22FN3/c1-14-7-8-20-12-15(14)13-21-17-11-16(19)5-6-18(17)22-9-3-2-4-10-22/h5-8,11-12,21H,2-4,9-10,13H2,1H3. The highest BCUT2D eigenvalue weighted by molar-refractivity contribution is 5.70. The molecule has 3 rings (SSSR count). The lowest BCUT2D eigenvalue weighted by Crippen LogP contribution is -2.30. The van der Waals surface area contributed by atoms with Gasteiger partial charge in [-0.1, -0.05) is 0 Å². The van der Waals surface area contributed by atoms with E-state index in [2.05, 4.69) is 22.1 Å². The first-order valence-electron chi connectivity index (χ1n) is 7.92. The van der Waals surface area contributed by atoms with Crippen LogP contribution in [0.15, 0.2) is 36.7 Å². The van der Waals surface area contributed by atoms with Gasteiger partial charge in [-0.3, -0.25) is 4.98 Å². The van der Waals surface area contributed by atoms with Crippen molar-refractivity contribution in [3.63, 3.8) is 0 Å². The van der Waals surface area contributed by atoms with E-state index in [1.165, 1.54) is 24.8 Å². The molecule has 1 aliphatic heterocycles. The number of hydrogen-bond acceptors (Lipinski definition) is 3. The van der Waals surface area contributed by atoms with Crippen LogP contribution in [0, 0.1) is 12.7 Å². The minimum Gasteiger partial charge on any atom is -0.379 e. The van der Waals surface area contributed by atoms with Crippen molar-refractivity contribution in [3.05, 3.63) is 53.6 Å². The maximum Gasteiger partial charge on any atom is 0.125 e. The van der Waals surface area contributed by atoms with Gasteiger partial charge in [-0.05, 0) is 61.6 Å². The number of halogens is 1. The first kappa shape index (κ1) is 14.8. The molecule has 1 fully saturated rings. The average Bonchev–Trinajstić information content (AvgIpc) is 2.55. The average molecular weight is 299 g/mol. The van der Waals surface area contributed by atoms with Crippen LogP contribution in [0.25, 0.3) is 0 Å². The highest BCUT2D eigenvalue weighted by atomic mass is 19.1. The van der Waals surface area contributed by atoms with Crippen LogP contribution in [0.2, 0.25) is 0 Å². The van der Waals surface area contributed by atoms with Crippen molar-refractivity contribution >= 4 is 11.4 Å². The molecule has 1 N–H and O–H groups in total. The van der Waals surface area contributed by atoms with Crippen molar-refractivity contribution in [2.24, 2.45) is 0 Å². The molecule has 0 saturated carbocycles. The predicted octanol–water partition coefficient (Wildman–Crippen LogP) is 4.13. The van der Waals surface area contributed by atoms with Gasteiger partial charge in [0.05, 0.1) is 11.4 Å². The number of aromatic nitrogens is 1. The largest absolute Gasteiger partial charge is 0.379 e. The molecule has 1 aromatic carbocycles. The quantitative estimate of drug-likeness (QED) is 0.920. The topological polar surface area (TPSA) is 28.2 Å². The summed E-state index contributed by atoms with van der Waals surface area (Å²) in [7, 11) is 0. The third-order valence-electron chi connectivity index (χ3n) is 4.27. The van der Waals surface area contributed by atoms with Crippen LogP contribution in [0.1, 0.15) is 30.4 Å². The summed E-state index contributed by atoms with van der Waals surface area (Å²) in [5, 5.41) is 3.39. The molecule has 0 aliphatic carbocycles. The molecule has 0 bridgehead atoms. The molecule has 0 radical (unpaired) electrons. The summed E-state index contributed by atoms with van der Waals surface area (Å²) in [6.45, 7) is 4.82. The molecule has 3 nitrogen and oxygen atoms in total. The lowest BCUT2D eigenvalue weighted by atomic mass is 10.1. The van der Waals surface area contributed by atoms with Crippen molar-refractivity contribution in [1.29, 1.82) is 0 Å². The first-order valence-corrected chi connectivity index (χ1v) is 7.92. The number of hydrogen-bond donors (Lipinski definition) is 1. The molecule has 1 aliphatic rings. The van der Waals surface area contributed by atoms with Crippen molar-refractivity contribution in [1.82, 2.24) is 4.98 Å². The Morgan fingerprint density at radius 3 is 2.77 bits per heavy atom. The summed E-state index contributed by atoms with van der Waals surface area (Å²) in [6, 6.07) is 7.02. The van der Waals surface area contributed by atoms with Gasteiger partial charge in [-0.15, -0.1) is 0 Å². The number of pyridine rings is 1. The van der Waals surface area contributed by atoms with E-state index in [-0.39, 0.29) is 5.82 Å². The van der Waals surface area contributed by atoms with Gasteiger partial charge in [0.1, 0.15) is 5.82 Å². The Morgan fingerprint density at radius 1 is 1.18 bits per heavy atom. The van der Waals surface area contributed by atoms with Crippen LogP contribution >= 0.6 is 0 Å². The minimum atomic E-state index is -0.203. The Labute approximate surface area is 131 Å². The molecule has 22 heavy (non-hydrogen) atoms. The lowest BCUT2D eigenvalue weighted by molar-refractivity contribution is 0.577. The summed E-state index contributed by atoms with van der Waals surface area (Å²) in [5.74, 6) is -0.203. The van der Waals surface area contributed by atoms with E-state index < -0.39 is 0 Å². The van der Waals surface area contributed by atoms with Gasteiger partial charge in [0.25, 0.3) is 0 Å². The highest BCUT2D eigenvalue weighted by Gasteiger charge is 2.15. The number of anilines is 2. The van der Waals surface area contributed by atoms with Gasteiger partial charge in [-0.2, -0.15) is 0 Å². The third-order valence-corrected chi connectivity index (χ3v) is 4.27. The van der Waals surface area contributed by atoms with Gasteiger partial charge in [0.15, 0.2) is 0 Å². The lowest BCUT2D eigenvalue weighted by Gasteiger charge is -2.30. The normalized spacial score (nSPS) is 14.9. The fourth-order valence-corrected chi connectivity index (χ4v) is 2.93. The molecule has 0 atom stereocenters. The maximum atomic E-state index is 13.6. The van der Waals surface area contributed by atoms with E-state index in [1.807, 2.05) is 18.3 Å². The summed E-state index contributed by atoms with van der Waals surface area (Å²) < 4.78 is 13.6. The Balaban J connectivity index is 1.79. The summed E-state index contributed by atoms with van der Waals surface area (Å²) in [6.07, 6.45) is 7.36. The fraction of sp³-hybridized carbons (Fsp3) is 0.389. The summed E-state index contributed by atoms with van der Waals surface area (Å²) in [4.78, 5) is 6.51. The molecule has 2 heterocycles. The second-order valence-electron chi connectivity index (χ2n) is 5.86. The van der Waals surface area contributed by atoms with Gasteiger partial charge in [0, 0.05) is 32.0 Å². The van der Waals surface area contributed by atoms with Crippen LogP contribution in [0.4, 0.5) is 15.8 Å². The second kappa shape index (κ2) is 6.77. The first-order chi connectivity index (χ1) is 10.7. The minimum absolute atomic E-state index is 0.203. The van der Waals surface area contributed by atoms with Gasteiger partial charge in [-0.25, -0.2) is 4.39 Å². The Hall–Kier alpha value is -2.10. The Morgan fingerprint density at radius 2 is 2.00 bits per heavy atom.